The number of imidazole rings is 1. The highest BCUT2D eigenvalue weighted by molar-refractivity contribution is 5.81. The van der Waals surface area contributed by atoms with Gasteiger partial charge in [0.05, 0.1) is 19.4 Å². The van der Waals surface area contributed by atoms with Gasteiger partial charge in [-0.2, -0.15) is 4.98 Å². The lowest BCUT2D eigenvalue weighted by Crippen LogP contribution is -2.33. The Hall–Kier alpha value is -2.99. The Morgan fingerprint density at radius 3 is 2.88 bits per heavy atom. The Labute approximate surface area is 134 Å². The highest BCUT2D eigenvalue weighted by atomic mass is 16.6. The van der Waals surface area contributed by atoms with Crippen molar-refractivity contribution in [3.8, 4) is 0 Å². The van der Waals surface area contributed by atoms with Crippen LogP contribution in [0.15, 0.2) is 11.1 Å². The lowest BCUT2D eigenvalue weighted by atomic mass is 10.2. The minimum Gasteiger partial charge on any atom is -0.480 e. The highest BCUT2D eigenvalue weighted by Gasteiger charge is 2.17. The number of esters is 1. The fourth-order valence-corrected chi connectivity index (χ4v) is 1.77. The van der Waals surface area contributed by atoms with Crippen molar-refractivity contribution in [1.82, 2.24) is 19.5 Å². The molecule has 2 heterocycles. The van der Waals surface area contributed by atoms with Gasteiger partial charge in [-0.15, -0.1) is 0 Å². The number of aliphatic carboxylic acids is 1. The molecule has 0 aliphatic carbocycles. The Kier molecular flexibility index (Phi) is 5.44. The Balaban J connectivity index is 1.78. The standard InChI is InChI=1S/C12H16N6O6/c13-6(11(21)22)3-7(19)24-2-1-23-5-18-4-15-8-9(18)16-12(14)17-10(8)20/h4,6H,1-3,5,13H2,(H,21,22)(H3,14,16,17,20)/t6-/m1/s1. The molecule has 0 aliphatic heterocycles. The van der Waals surface area contributed by atoms with Crippen molar-refractivity contribution in [3.63, 3.8) is 0 Å². The largest absolute Gasteiger partial charge is 0.480 e. The minimum atomic E-state index is -1.30. The number of nitrogen functional groups attached to an aromatic ring is 1. The first-order chi connectivity index (χ1) is 11.4. The number of nitrogens with two attached hydrogens (primary N) is 2. The number of nitrogens with one attached hydrogen (secondary N) is 1. The summed E-state index contributed by atoms with van der Waals surface area (Å²) < 4.78 is 11.5. The number of carbonyl (C=O) groups is 2. The molecule has 1 atom stereocenters. The normalized spacial score (nSPS) is 12.2. The summed E-state index contributed by atoms with van der Waals surface area (Å²) in [5.74, 6) is -2.06. The summed E-state index contributed by atoms with van der Waals surface area (Å²) in [5, 5.41) is 8.57. The molecule has 0 bridgehead atoms. The average molecular weight is 340 g/mol. The molecular weight excluding hydrogens is 324 g/mol. The third-order valence-corrected chi connectivity index (χ3v) is 2.92. The molecule has 0 saturated carbocycles. The first-order valence-corrected chi connectivity index (χ1v) is 6.81. The molecule has 0 aromatic carbocycles. The third kappa shape index (κ3) is 4.27. The zero-order valence-corrected chi connectivity index (χ0v) is 12.5. The van der Waals surface area contributed by atoms with E-state index in [1.807, 2.05) is 0 Å². The van der Waals surface area contributed by atoms with E-state index in [1.54, 1.807) is 0 Å². The molecule has 6 N–H and O–H groups in total. The van der Waals surface area contributed by atoms with E-state index in [0.717, 1.165) is 0 Å². The molecule has 0 radical (unpaired) electrons. The van der Waals surface area contributed by atoms with Gasteiger partial charge in [0.25, 0.3) is 5.56 Å². The van der Waals surface area contributed by atoms with Crippen LogP contribution < -0.4 is 17.0 Å². The second kappa shape index (κ2) is 7.52. The van der Waals surface area contributed by atoms with E-state index in [-0.39, 0.29) is 37.1 Å². The number of aromatic amines is 1. The van der Waals surface area contributed by atoms with Gasteiger partial charge in [-0.05, 0) is 0 Å². The van der Waals surface area contributed by atoms with Crippen LogP contribution in [0.2, 0.25) is 0 Å². The van der Waals surface area contributed by atoms with E-state index in [9.17, 15) is 14.4 Å². The molecule has 0 aliphatic rings. The van der Waals surface area contributed by atoms with Crippen LogP contribution in [0.4, 0.5) is 5.95 Å². The maximum Gasteiger partial charge on any atom is 0.321 e. The quantitative estimate of drug-likeness (QED) is 0.309. The minimum absolute atomic E-state index is 0.0125. The van der Waals surface area contributed by atoms with E-state index in [0.29, 0.717) is 0 Å². The van der Waals surface area contributed by atoms with Gasteiger partial charge in [-0.3, -0.25) is 23.9 Å². The van der Waals surface area contributed by atoms with Crippen LogP contribution in [-0.4, -0.2) is 55.8 Å². The molecule has 2 rings (SSSR count). The number of fused-ring (bicyclic) bond motifs is 1. The number of carboxylic acid groups (broad SMARTS) is 1. The zero-order valence-electron chi connectivity index (χ0n) is 12.5. The lowest BCUT2D eigenvalue weighted by molar-refractivity contribution is -0.150. The number of ether oxygens (including phenoxy) is 2. The SMILES string of the molecule is Nc1nc2c(ncn2COCCOC(=O)C[C@@H](N)C(=O)O)c(=O)[nH]1. The summed E-state index contributed by atoms with van der Waals surface area (Å²) >= 11 is 0. The number of rotatable bonds is 8. The van der Waals surface area contributed by atoms with Crippen molar-refractivity contribution < 1.29 is 24.2 Å². The van der Waals surface area contributed by atoms with Gasteiger partial charge >= 0.3 is 11.9 Å². The first-order valence-electron chi connectivity index (χ1n) is 6.81. The van der Waals surface area contributed by atoms with Crippen LogP contribution in [0.25, 0.3) is 11.2 Å². The molecule has 12 nitrogen and oxygen atoms in total. The van der Waals surface area contributed by atoms with Crippen LogP contribution in [-0.2, 0) is 25.8 Å². The number of carboxylic acids is 1. The summed E-state index contributed by atoms with van der Waals surface area (Å²) in [6.45, 7) is -0.0149. The Morgan fingerprint density at radius 2 is 2.17 bits per heavy atom. The molecule has 12 heteroatoms. The summed E-state index contributed by atoms with van der Waals surface area (Å²) in [5.41, 5.74) is 10.6. The van der Waals surface area contributed by atoms with Gasteiger partial charge in [0.1, 0.15) is 19.4 Å². The zero-order chi connectivity index (χ0) is 17.7. The summed E-state index contributed by atoms with van der Waals surface area (Å²) in [6.07, 6.45) is 0.942. The van der Waals surface area contributed by atoms with Crippen LogP contribution in [0, 0.1) is 0 Å². The van der Waals surface area contributed by atoms with Crippen molar-refractivity contribution >= 4 is 29.1 Å². The fourth-order valence-electron chi connectivity index (χ4n) is 1.77. The van der Waals surface area contributed by atoms with Crippen LogP contribution in [0.1, 0.15) is 6.42 Å². The molecule has 0 unspecified atom stereocenters. The van der Waals surface area contributed by atoms with E-state index in [1.165, 1.54) is 10.9 Å². The maximum atomic E-state index is 11.6. The smallest absolute Gasteiger partial charge is 0.321 e. The third-order valence-electron chi connectivity index (χ3n) is 2.92. The van der Waals surface area contributed by atoms with Gasteiger partial charge < -0.3 is 26.0 Å². The average Bonchev–Trinajstić information content (AvgIpc) is 2.90. The molecule has 130 valence electrons. The monoisotopic (exact) mass is 340 g/mol. The molecule has 2 aromatic rings. The predicted molar refractivity (Wildman–Crippen MR) is 79.7 cm³/mol. The van der Waals surface area contributed by atoms with Gasteiger partial charge in [-0.1, -0.05) is 0 Å². The number of hydrogen-bond acceptors (Lipinski definition) is 9. The van der Waals surface area contributed by atoms with Crippen LogP contribution in [0.3, 0.4) is 0 Å². The van der Waals surface area contributed by atoms with Crippen LogP contribution in [0.5, 0.6) is 0 Å². The molecule has 0 fully saturated rings. The summed E-state index contributed by atoms with van der Waals surface area (Å²) in [7, 11) is 0. The van der Waals surface area contributed by atoms with Gasteiger partial charge in [0.15, 0.2) is 11.2 Å². The van der Waals surface area contributed by atoms with Crippen molar-refractivity contribution in [1.29, 1.82) is 0 Å². The van der Waals surface area contributed by atoms with Crippen molar-refractivity contribution in [2.24, 2.45) is 5.73 Å². The van der Waals surface area contributed by atoms with E-state index < -0.39 is 30.0 Å². The van der Waals surface area contributed by atoms with Crippen molar-refractivity contribution in [2.45, 2.75) is 19.2 Å². The summed E-state index contributed by atoms with van der Waals surface area (Å²) in [6, 6.07) is -1.30. The fraction of sp³-hybridized carbons (Fsp3) is 0.417. The Bertz CT molecular complexity index is 799. The van der Waals surface area contributed by atoms with E-state index >= 15 is 0 Å². The summed E-state index contributed by atoms with van der Waals surface area (Å²) in [4.78, 5) is 43.6. The number of hydrogen-bond donors (Lipinski definition) is 4. The number of H-pyrrole nitrogens is 1. The second-order valence-corrected chi connectivity index (χ2v) is 4.74. The first kappa shape index (κ1) is 17.4. The molecule has 0 amide bonds. The maximum absolute atomic E-state index is 11.6. The molecule has 0 saturated heterocycles. The molecule has 0 spiro atoms. The number of anilines is 1. The number of nitrogens with zero attached hydrogens (tertiary/aromatic N) is 3. The van der Waals surface area contributed by atoms with E-state index in [4.69, 9.17) is 26.0 Å². The lowest BCUT2D eigenvalue weighted by Gasteiger charge is -2.08. The predicted octanol–water partition coefficient (Wildman–Crippen LogP) is -1.98. The van der Waals surface area contributed by atoms with Crippen molar-refractivity contribution in [3.05, 3.63) is 16.7 Å². The van der Waals surface area contributed by atoms with Gasteiger partial charge in [-0.25, -0.2) is 4.98 Å². The molecule has 24 heavy (non-hydrogen) atoms. The Morgan fingerprint density at radius 1 is 1.42 bits per heavy atom. The second-order valence-electron chi connectivity index (χ2n) is 4.74. The van der Waals surface area contributed by atoms with Gasteiger partial charge in [0.2, 0.25) is 5.95 Å². The van der Waals surface area contributed by atoms with Crippen LogP contribution >= 0.6 is 0 Å². The topological polar surface area (TPSA) is 188 Å². The molecule has 2 aromatic heterocycles. The van der Waals surface area contributed by atoms with Gasteiger partial charge in [0, 0.05) is 0 Å². The number of carbonyl (C=O) groups excluding carboxylic acids is 1. The number of aromatic nitrogens is 4. The molecular formula is C12H16N6O6. The van der Waals surface area contributed by atoms with Crippen molar-refractivity contribution in [2.75, 3.05) is 18.9 Å². The van der Waals surface area contributed by atoms with E-state index in [2.05, 4.69) is 15.0 Å². The highest BCUT2D eigenvalue weighted by Crippen LogP contribution is 2.06.